The summed E-state index contributed by atoms with van der Waals surface area (Å²) in [7, 11) is 3.21. The number of benzene rings is 2. The standard InChI is InChI=1S/C26H31N3O6.ClH/c1-17-22(25(30)34-4)24(20-11-8-12-21(15-20)29(32)33)23(18(2)27-17)26(31)35-14-13-28(3)16-19-9-6-5-7-10-19;/h5-12,15,24,27,32-33H,13-14,16H2,1-4H3;1H. The number of ether oxygens (including phenoxy) is 2. The van der Waals surface area contributed by atoms with Crippen molar-refractivity contribution in [2.24, 2.45) is 0 Å². The minimum Gasteiger partial charge on any atom is -0.466 e. The fourth-order valence-electron chi connectivity index (χ4n) is 4.15. The number of esters is 2. The SMILES string of the molecule is COC(=O)C1=C(C)NC(C)=C(C(=O)OCCN(C)Cc2ccccc2)C1c1cccc(N(O)O)c1.Cl. The Morgan fingerprint density at radius 2 is 1.61 bits per heavy atom. The maximum Gasteiger partial charge on any atom is 0.336 e. The topological polar surface area (TPSA) is 112 Å². The van der Waals surface area contributed by atoms with Gasteiger partial charge in [0.15, 0.2) is 0 Å². The molecule has 10 heteroatoms. The van der Waals surface area contributed by atoms with Crippen molar-refractivity contribution in [1.82, 2.24) is 10.2 Å². The molecule has 9 nitrogen and oxygen atoms in total. The predicted molar refractivity (Wildman–Crippen MR) is 137 cm³/mol. The van der Waals surface area contributed by atoms with Crippen LogP contribution in [0, 0.1) is 0 Å². The highest BCUT2D eigenvalue weighted by molar-refractivity contribution is 5.99. The number of dihydropyridines is 1. The van der Waals surface area contributed by atoms with Crippen molar-refractivity contribution in [2.45, 2.75) is 26.3 Å². The third kappa shape index (κ3) is 6.86. The molecule has 0 radical (unpaired) electrons. The van der Waals surface area contributed by atoms with Crippen LogP contribution >= 0.6 is 12.4 Å². The van der Waals surface area contributed by atoms with Gasteiger partial charge in [-0.1, -0.05) is 42.5 Å². The molecule has 0 amide bonds. The van der Waals surface area contributed by atoms with E-state index in [1.165, 1.54) is 19.2 Å². The van der Waals surface area contributed by atoms with Crippen LogP contribution in [0.1, 0.15) is 30.9 Å². The number of nitrogens with one attached hydrogen (secondary N) is 1. The van der Waals surface area contributed by atoms with Gasteiger partial charge in [-0.3, -0.25) is 15.3 Å². The lowest BCUT2D eigenvalue weighted by molar-refractivity contribution is -0.139. The van der Waals surface area contributed by atoms with Crippen LogP contribution in [0.4, 0.5) is 5.69 Å². The van der Waals surface area contributed by atoms with E-state index in [0.29, 0.717) is 30.0 Å². The summed E-state index contributed by atoms with van der Waals surface area (Å²) in [6.07, 6.45) is 0. The predicted octanol–water partition coefficient (Wildman–Crippen LogP) is 3.78. The van der Waals surface area contributed by atoms with Crippen LogP contribution in [-0.2, 0) is 25.6 Å². The third-order valence-electron chi connectivity index (χ3n) is 5.82. The number of nitrogens with zero attached hydrogens (tertiary/aromatic N) is 2. The molecule has 0 spiro atoms. The molecule has 194 valence electrons. The Kier molecular flexibility index (Phi) is 10.5. The molecule has 0 fully saturated rings. The first-order valence-electron chi connectivity index (χ1n) is 11.2. The van der Waals surface area contributed by atoms with Crippen LogP contribution in [0.5, 0.6) is 0 Å². The second-order valence-corrected chi connectivity index (χ2v) is 8.37. The Balaban J connectivity index is 0.00000456. The van der Waals surface area contributed by atoms with E-state index in [9.17, 15) is 20.0 Å². The van der Waals surface area contributed by atoms with Gasteiger partial charge >= 0.3 is 11.9 Å². The molecular formula is C26H32ClN3O6. The second kappa shape index (κ2) is 13.1. The van der Waals surface area contributed by atoms with Crippen LogP contribution in [-0.4, -0.2) is 54.6 Å². The molecule has 0 saturated carbocycles. The average molecular weight is 518 g/mol. The summed E-state index contributed by atoms with van der Waals surface area (Å²) in [6, 6.07) is 16.3. The van der Waals surface area contributed by atoms with Crippen molar-refractivity contribution in [2.75, 3.05) is 32.5 Å². The van der Waals surface area contributed by atoms with Gasteiger partial charge in [0, 0.05) is 24.5 Å². The van der Waals surface area contributed by atoms with Gasteiger partial charge in [0.1, 0.15) is 6.61 Å². The highest BCUT2D eigenvalue weighted by Crippen LogP contribution is 2.40. The van der Waals surface area contributed by atoms with Gasteiger partial charge in [-0.15, -0.1) is 17.6 Å². The second-order valence-electron chi connectivity index (χ2n) is 8.37. The number of carbonyl (C=O) groups is 2. The summed E-state index contributed by atoms with van der Waals surface area (Å²) in [5.41, 5.74) is 3.31. The number of likely N-dealkylation sites (N-methyl/N-ethyl adjacent to an activating group) is 1. The Hall–Kier alpha value is -3.37. The van der Waals surface area contributed by atoms with Gasteiger partial charge in [-0.25, -0.2) is 9.59 Å². The molecule has 1 aliphatic heterocycles. The van der Waals surface area contributed by atoms with Crippen molar-refractivity contribution >= 4 is 30.0 Å². The summed E-state index contributed by atoms with van der Waals surface area (Å²) in [4.78, 5) is 28.1. The Morgan fingerprint density at radius 3 is 2.22 bits per heavy atom. The van der Waals surface area contributed by atoms with Crippen molar-refractivity contribution in [3.05, 3.63) is 88.3 Å². The van der Waals surface area contributed by atoms with E-state index in [0.717, 1.165) is 5.56 Å². The van der Waals surface area contributed by atoms with E-state index in [2.05, 4.69) is 5.32 Å². The number of allylic oxidation sites excluding steroid dienone is 2. The van der Waals surface area contributed by atoms with Gasteiger partial charge in [0.25, 0.3) is 0 Å². The molecule has 0 bridgehead atoms. The molecule has 36 heavy (non-hydrogen) atoms. The number of methoxy groups -OCH3 is 1. The van der Waals surface area contributed by atoms with E-state index in [4.69, 9.17) is 9.47 Å². The molecular weight excluding hydrogens is 486 g/mol. The first-order chi connectivity index (χ1) is 16.7. The molecule has 3 N–H and O–H groups in total. The van der Waals surface area contributed by atoms with Crippen LogP contribution in [0.2, 0.25) is 0 Å². The number of hydrogen-bond acceptors (Lipinski definition) is 9. The van der Waals surface area contributed by atoms with E-state index < -0.39 is 17.9 Å². The quantitative estimate of drug-likeness (QED) is 0.338. The Morgan fingerprint density at radius 1 is 0.972 bits per heavy atom. The summed E-state index contributed by atoms with van der Waals surface area (Å²) in [5.74, 6) is -1.99. The summed E-state index contributed by atoms with van der Waals surface area (Å²) in [5, 5.41) is 22.0. The van der Waals surface area contributed by atoms with Gasteiger partial charge in [0.05, 0.1) is 29.9 Å². The molecule has 1 aliphatic rings. The highest BCUT2D eigenvalue weighted by atomic mass is 35.5. The first kappa shape index (κ1) is 28.9. The zero-order valence-electron chi connectivity index (χ0n) is 20.7. The number of halogens is 1. The molecule has 0 aromatic heterocycles. The van der Waals surface area contributed by atoms with Gasteiger partial charge < -0.3 is 14.8 Å². The van der Waals surface area contributed by atoms with Crippen molar-refractivity contribution < 1.29 is 29.5 Å². The molecule has 0 saturated heterocycles. The lowest BCUT2D eigenvalue weighted by Gasteiger charge is -2.30. The van der Waals surface area contributed by atoms with E-state index >= 15 is 0 Å². The lowest BCUT2D eigenvalue weighted by atomic mass is 9.80. The molecule has 1 unspecified atom stereocenters. The number of anilines is 1. The van der Waals surface area contributed by atoms with E-state index in [-0.39, 0.29) is 41.1 Å². The largest absolute Gasteiger partial charge is 0.466 e. The fourth-order valence-corrected chi connectivity index (χ4v) is 4.15. The summed E-state index contributed by atoms with van der Waals surface area (Å²) in [6.45, 7) is 4.84. The minimum absolute atomic E-state index is 0. The maximum absolute atomic E-state index is 13.3. The lowest BCUT2D eigenvalue weighted by Crippen LogP contribution is -2.33. The van der Waals surface area contributed by atoms with Gasteiger partial charge in [-0.05, 0) is 44.2 Å². The smallest absolute Gasteiger partial charge is 0.336 e. The molecule has 1 atom stereocenters. The molecule has 2 aromatic carbocycles. The van der Waals surface area contributed by atoms with Gasteiger partial charge in [0.2, 0.25) is 0 Å². The zero-order chi connectivity index (χ0) is 25.5. The Bertz CT molecular complexity index is 1130. The van der Waals surface area contributed by atoms with Crippen molar-refractivity contribution in [3.8, 4) is 0 Å². The zero-order valence-corrected chi connectivity index (χ0v) is 21.5. The van der Waals surface area contributed by atoms with Crippen LogP contribution in [0.3, 0.4) is 0 Å². The highest BCUT2D eigenvalue weighted by Gasteiger charge is 2.38. The summed E-state index contributed by atoms with van der Waals surface area (Å²) >= 11 is 0. The number of rotatable bonds is 9. The first-order valence-corrected chi connectivity index (χ1v) is 11.2. The molecule has 1 heterocycles. The summed E-state index contributed by atoms with van der Waals surface area (Å²) < 4.78 is 10.6. The van der Waals surface area contributed by atoms with Crippen LogP contribution in [0.25, 0.3) is 0 Å². The normalized spacial score (nSPS) is 15.2. The molecule has 0 aliphatic carbocycles. The average Bonchev–Trinajstić information content (AvgIpc) is 2.83. The van der Waals surface area contributed by atoms with Gasteiger partial charge in [-0.2, -0.15) is 0 Å². The molecule has 2 aromatic rings. The number of hydrogen-bond donors (Lipinski definition) is 3. The van der Waals surface area contributed by atoms with Crippen LogP contribution in [0.15, 0.2) is 77.1 Å². The maximum atomic E-state index is 13.3. The molecule has 3 rings (SSSR count). The Labute approximate surface area is 216 Å². The third-order valence-corrected chi connectivity index (χ3v) is 5.82. The fraction of sp³-hybridized carbons (Fsp3) is 0.308. The van der Waals surface area contributed by atoms with Crippen molar-refractivity contribution in [1.29, 1.82) is 0 Å². The minimum atomic E-state index is -0.821. The monoisotopic (exact) mass is 517 g/mol. The number of carbonyl (C=O) groups excluding carboxylic acids is 2. The van der Waals surface area contributed by atoms with Crippen molar-refractivity contribution in [3.63, 3.8) is 0 Å². The van der Waals surface area contributed by atoms with E-state index in [1.807, 2.05) is 42.3 Å². The van der Waals surface area contributed by atoms with Crippen LogP contribution < -0.4 is 10.5 Å². The van der Waals surface area contributed by atoms with E-state index in [1.54, 1.807) is 26.0 Å².